The number of carbonyl (C=O) groups is 1. The van der Waals surface area contributed by atoms with Gasteiger partial charge in [-0.05, 0) is 23.8 Å². The van der Waals surface area contributed by atoms with Crippen LogP contribution in [-0.4, -0.2) is 31.7 Å². The number of nitrogens with zero attached hydrogens (tertiary/aromatic N) is 1. The van der Waals surface area contributed by atoms with E-state index >= 15 is 0 Å². The molecule has 18 heavy (non-hydrogen) atoms. The van der Waals surface area contributed by atoms with E-state index in [0.29, 0.717) is 13.1 Å². The van der Waals surface area contributed by atoms with E-state index < -0.39 is 11.9 Å². The lowest BCUT2D eigenvalue weighted by molar-refractivity contribution is -0.140. The average molecular weight is 254 g/mol. The van der Waals surface area contributed by atoms with E-state index in [1.807, 2.05) is 19.0 Å². The van der Waals surface area contributed by atoms with Gasteiger partial charge in [-0.1, -0.05) is 6.92 Å². The van der Waals surface area contributed by atoms with Crippen molar-refractivity contribution in [1.29, 1.82) is 0 Å². The summed E-state index contributed by atoms with van der Waals surface area (Å²) in [6.45, 7) is 2.44. The second-order valence-electron chi connectivity index (χ2n) is 4.54. The standard InChI is InChI=1S/C13H19FN2O2/c1-9(13(17)18)7-15-8-10-6-11(14)4-5-12(10)16(2)3/h4-6,9,15H,7-8H2,1-3H3,(H,17,18). The molecule has 2 N–H and O–H groups in total. The summed E-state index contributed by atoms with van der Waals surface area (Å²) in [4.78, 5) is 12.6. The normalized spacial score (nSPS) is 12.2. The van der Waals surface area contributed by atoms with Gasteiger partial charge in [-0.2, -0.15) is 0 Å². The van der Waals surface area contributed by atoms with Crippen molar-refractivity contribution in [1.82, 2.24) is 5.32 Å². The Bertz CT molecular complexity index is 421. The van der Waals surface area contributed by atoms with Gasteiger partial charge in [0.15, 0.2) is 0 Å². The van der Waals surface area contributed by atoms with Crippen LogP contribution in [0, 0.1) is 11.7 Å². The lowest BCUT2D eigenvalue weighted by Gasteiger charge is -2.18. The minimum absolute atomic E-state index is 0.288. The molecule has 0 spiro atoms. The number of carboxylic acid groups (broad SMARTS) is 1. The molecule has 1 aromatic rings. The minimum atomic E-state index is -0.838. The third-order valence-electron chi connectivity index (χ3n) is 2.71. The summed E-state index contributed by atoms with van der Waals surface area (Å²) in [5, 5.41) is 11.8. The van der Waals surface area contributed by atoms with Crippen molar-refractivity contribution in [3.63, 3.8) is 0 Å². The molecule has 5 heteroatoms. The van der Waals surface area contributed by atoms with Crippen molar-refractivity contribution in [2.45, 2.75) is 13.5 Å². The van der Waals surface area contributed by atoms with Crippen LogP contribution in [0.3, 0.4) is 0 Å². The molecule has 0 saturated heterocycles. The molecule has 1 aromatic carbocycles. The lowest BCUT2D eigenvalue weighted by Crippen LogP contribution is -2.26. The maximum atomic E-state index is 13.2. The van der Waals surface area contributed by atoms with Gasteiger partial charge in [0, 0.05) is 32.9 Å². The van der Waals surface area contributed by atoms with Crippen LogP contribution < -0.4 is 10.2 Å². The maximum absolute atomic E-state index is 13.2. The Balaban J connectivity index is 2.66. The molecular formula is C13H19FN2O2. The monoisotopic (exact) mass is 254 g/mol. The summed E-state index contributed by atoms with van der Waals surface area (Å²) in [7, 11) is 3.77. The van der Waals surface area contributed by atoms with Crippen LogP contribution >= 0.6 is 0 Å². The van der Waals surface area contributed by atoms with Gasteiger partial charge in [0.25, 0.3) is 0 Å². The molecule has 1 atom stereocenters. The largest absolute Gasteiger partial charge is 0.481 e. The van der Waals surface area contributed by atoms with Crippen molar-refractivity contribution >= 4 is 11.7 Å². The van der Waals surface area contributed by atoms with Gasteiger partial charge >= 0.3 is 5.97 Å². The van der Waals surface area contributed by atoms with Crippen LogP contribution in [-0.2, 0) is 11.3 Å². The second kappa shape index (κ2) is 6.35. The summed E-state index contributed by atoms with van der Waals surface area (Å²) >= 11 is 0. The van der Waals surface area contributed by atoms with Crippen LogP contribution in [0.15, 0.2) is 18.2 Å². The maximum Gasteiger partial charge on any atom is 0.307 e. The Hall–Kier alpha value is -1.62. The molecule has 1 unspecified atom stereocenters. The lowest BCUT2D eigenvalue weighted by atomic mass is 10.1. The van der Waals surface area contributed by atoms with Gasteiger partial charge in [-0.25, -0.2) is 4.39 Å². The fraction of sp³-hybridized carbons (Fsp3) is 0.462. The highest BCUT2D eigenvalue weighted by atomic mass is 19.1. The van der Waals surface area contributed by atoms with Gasteiger partial charge in [-0.15, -0.1) is 0 Å². The smallest absolute Gasteiger partial charge is 0.307 e. The van der Waals surface area contributed by atoms with Gasteiger partial charge in [0.2, 0.25) is 0 Å². The fourth-order valence-electron chi connectivity index (χ4n) is 1.64. The van der Waals surface area contributed by atoms with Crippen molar-refractivity contribution in [2.24, 2.45) is 5.92 Å². The SMILES string of the molecule is CC(CNCc1cc(F)ccc1N(C)C)C(=O)O. The number of carboxylic acids is 1. The van der Waals surface area contributed by atoms with Crippen molar-refractivity contribution < 1.29 is 14.3 Å². The predicted molar refractivity (Wildman–Crippen MR) is 69.2 cm³/mol. The van der Waals surface area contributed by atoms with Crippen LogP contribution in [0.2, 0.25) is 0 Å². The molecule has 0 fully saturated rings. The van der Waals surface area contributed by atoms with Crippen LogP contribution in [0.1, 0.15) is 12.5 Å². The molecule has 0 aliphatic heterocycles. The number of aliphatic carboxylic acids is 1. The fourth-order valence-corrected chi connectivity index (χ4v) is 1.64. The van der Waals surface area contributed by atoms with Gasteiger partial charge in [-0.3, -0.25) is 4.79 Å². The molecule has 0 saturated carbocycles. The van der Waals surface area contributed by atoms with Crippen molar-refractivity contribution in [2.75, 3.05) is 25.5 Å². The zero-order valence-corrected chi connectivity index (χ0v) is 10.9. The van der Waals surface area contributed by atoms with E-state index in [0.717, 1.165) is 11.3 Å². The topological polar surface area (TPSA) is 52.6 Å². The molecule has 0 amide bonds. The number of nitrogens with one attached hydrogen (secondary N) is 1. The van der Waals surface area contributed by atoms with Crippen molar-refractivity contribution in [3.8, 4) is 0 Å². The number of halogens is 1. The third-order valence-corrected chi connectivity index (χ3v) is 2.71. The second-order valence-corrected chi connectivity index (χ2v) is 4.54. The van der Waals surface area contributed by atoms with Crippen LogP contribution in [0.25, 0.3) is 0 Å². The highest BCUT2D eigenvalue weighted by Gasteiger charge is 2.11. The molecule has 0 aliphatic rings. The van der Waals surface area contributed by atoms with Crippen LogP contribution in [0.5, 0.6) is 0 Å². The van der Waals surface area contributed by atoms with E-state index in [-0.39, 0.29) is 5.82 Å². The number of hydrogen-bond donors (Lipinski definition) is 2. The Morgan fingerprint density at radius 3 is 2.72 bits per heavy atom. The Labute approximate surface area is 106 Å². The van der Waals surface area contributed by atoms with Gasteiger partial charge in [0.1, 0.15) is 5.82 Å². The zero-order valence-electron chi connectivity index (χ0n) is 10.9. The molecule has 0 heterocycles. The van der Waals surface area contributed by atoms with E-state index in [9.17, 15) is 9.18 Å². The first-order valence-corrected chi connectivity index (χ1v) is 5.81. The molecule has 0 aromatic heterocycles. The van der Waals surface area contributed by atoms with Gasteiger partial charge in [0.05, 0.1) is 5.92 Å². The molecule has 0 bridgehead atoms. The molecule has 1 rings (SSSR count). The first-order chi connectivity index (χ1) is 8.41. The van der Waals surface area contributed by atoms with E-state index in [1.165, 1.54) is 12.1 Å². The van der Waals surface area contributed by atoms with E-state index in [4.69, 9.17) is 5.11 Å². The third kappa shape index (κ3) is 4.00. The summed E-state index contributed by atoms with van der Waals surface area (Å²) in [5.41, 5.74) is 1.74. The Kier molecular flexibility index (Phi) is 5.09. The average Bonchev–Trinajstić information content (AvgIpc) is 2.28. The highest BCUT2D eigenvalue weighted by molar-refractivity contribution is 5.69. The number of anilines is 1. The van der Waals surface area contributed by atoms with E-state index in [2.05, 4.69) is 5.32 Å². The summed E-state index contributed by atoms with van der Waals surface area (Å²) in [6.07, 6.45) is 0. The highest BCUT2D eigenvalue weighted by Crippen LogP contribution is 2.19. The molecule has 4 nitrogen and oxygen atoms in total. The summed E-state index contributed by atoms with van der Waals surface area (Å²) in [5.74, 6) is -1.58. The first kappa shape index (κ1) is 14.4. The number of hydrogen-bond acceptors (Lipinski definition) is 3. The number of benzene rings is 1. The molecular weight excluding hydrogens is 235 g/mol. The molecule has 0 radical (unpaired) electrons. The predicted octanol–water partition coefficient (Wildman–Crippen LogP) is 1.70. The molecule has 0 aliphatic carbocycles. The van der Waals surface area contributed by atoms with Crippen molar-refractivity contribution in [3.05, 3.63) is 29.6 Å². The van der Waals surface area contributed by atoms with Crippen LogP contribution in [0.4, 0.5) is 10.1 Å². The quantitative estimate of drug-likeness (QED) is 0.811. The minimum Gasteiger partial charge on any atom is -0.481 e. The first-order valence-electron chi connectivity index (χ1n) is 5.81. The molecule has 100 valence electrons. The zero-order chi connectivity index (χ0) is 13.7. The van der Waals surface area contributed by atoms with Gasteiger partial charge < -0.3 is 15.3 Å². The Morgan fingerprint density at radius 2 is 2.17 bits per heavy atom. The summed E-state index contributed by atoms with van der Waals surface area (Å²) in [6, 6.07) is 4.60. The number of rotatable bonds is 6. The van der Waals surface area contributed by atoms with E-state index in [1.54, 1.807) is 13.0 Å². The Morgan fingerprint density at radius 1 is 1.50 bits per heavy atom. The summed E-state index contributed by atoms with van der Waals surface area (Å²) < 4.78 is 13.2.